The van der Waals surface area contributed by atoms with Crippen molar-refractivity contribution in [2.24, 2.45) is 0 Å². The summed E-state index contributed by atoms with van der Waals surface area (Å²) in [4.78, 5) is 4.13. The predicted octanol–water partition coefficient (Wildman–Crippen LogP) is 2.92. The highest BCUT2D eigenvalue weighted by Crippen LogP contribution is 2.41. The molecule has 1 atom stereocenters. The molecule has 0 saturated carbocycles. The summed E-state index contributed by atoms with van der Waals surface area (Å²) in [6, 6.07) is 4.67. The van der Waals surface area contributed by atoms with Crippen LogP contribution in [0.3, 0.4) is 0 Å². The van der Waals surface area contributed by atoms with E-state index in [1.165, 1.54) is 19.2 Å². The average molecular weight is 344 g/mol. The number of aromatic nitrogens is 4. The van der Waals surface area contributed by atoms with Crippen LogP contribution in [-0.2, 0) is 0 Å². The first-order valence-electron chi connectivity index (χ1n) is 7.62. The highest BCUT2D eigenvalue weighted by atomic mass is 19.1. The third-order valence-electron chi connectivity index (χ3n) is 4.19. The molecule has 0 aliphatic carbocycles. The molecule has 0 bridgehead atoms. The summed E-state index contributed by atoms with van der Waals surface area (Å²) in [6.45, 7) is 1.87. The molecule has 1 aliphatic rings. The van der Waals surface area contributed by atoms with E-state index in [1.807, 2.05) is 0 Å². The van der Waals surface area contributed by atoms with Crippen molar-refractivity contribution < 1.29 is 18.3 Å². The van der Waals surface area contributed by atoms with Crippen LogP contribution in [0.5, 0.6) is 11.6 Å². The van der Waals surface area contributed by atoms with Gasteiger partial charge in [0.1, 0.15) is 24.1 Å². The van der Waals surface area contributed by atoms with Crippen LogP contribution in [0.1, 0.15) is 17.4 Å². The van der Waals surface area contributed by atoms with Gasteiger partial charge in [0.2, 0.25) is 0 Å². The van der Waals surface area contributed by atoms with Gasteiger partial charge in [-0.05, 0) is 19.1 Å². The molecule has 3 heterocycles. The van der Waals surface area contributed by atoms with Crippen LogP contribution in [0.4, 0.5) is 8.78 Å². The Labute approximate surface area is 142 Å². The van der Waals surface area contributed by atoms with E-state index in [-0.39, 0.29) is 6.61 Å². The van der Waals surface area contributed by atoms with Crippen molar-refractivity contribution in [2.45, 2.75) is 13.0 Å². The van der Waals surface area contributed by atoms with Crippen LogP contribution in [0.15, 0.2) is 30.5 Å². The lowest BCUT2D eigenvalue weighted by Gasteiger charge is -2.19. The van der Waals surface area contributed by atoms with E-state index < -0.39 is 17.7 Å². The van der Waals surface area contributed by atoms with Crippen LogP contribution in [-0.4, -0.2) is 33.5 Å². The van der Waals surface area contributed by atoms with Gasteiger partial charge in [-0.25, -0.2) is 13.8 Å². The molecule has 0 N–H and O–H groups in total. The lowest BCUT2D eigenvalue weighted by atomic mass is 10.1. The van der Waals surface area contributed by atoms with Gasteiger partial charge < -0.3 is 9.47 Å². The Morgan fingerprint density at radius 1 is 1.24 bits per heavy atom. The lowest BCUT2D eigenvalue weighted by molar-refractivity contribution is 0.258. The quantitative estimate of drug-likeness (QED) is 0.715. The molecular formula is C17H14F2N4O2. The predicted molar refractivity (Wildman–Crippen MR) is 84.5 cm³/mol. The standard InChI is InChI=1S/C17H14F2N4O2/c1-9-21-22-16-12-5-6-20-17(24-2)15(12)25-8-14(23(9)16)11-4-3-10(18)7-13(11)19/h3-7,14H,8H2,1-2H3/t14-/m1/s1. The zero-order chi connectivity index (χ0) is 17.6. The van der Waals surface area contributed by atoms with Gasteiger partial charge in [0.05, 0.1) is 18.7 Å². The summed E-state index contributed by atoms with van der Waals surface area (Å²) in [6.07, 6.45) is 1.58. The van der Waals surface area contributed by atoms with E-state index in [4.69, 9.17) is 9.47 Å². The van der Waals surface area contributed by atoms with Crippen molar-refractivity contribution in [3.63, 3.8) is 0 Å². The second-order valence-electron chi connectivity index (χ2n) is 5.63. The van der Waals surface area contributed by atoms with Gasteiger partial charge in [-0.15, -0.1) is 10.2 Å². The van der Waals surface area contributed by atoms with E-state index in [2.05, 4.69) is 15.2 Å². The maximum absolute atomic E-state index is 14.4. The number of nitrogens with zero attached hydrogens (tertiary/aromatic N) is 4. The van der Waals surface area contributed by atoms with E-state index in [9.17, 15) is 8.78 Å². The van der Waals surface area contributed by atoms with Gasteiger partial charge in [0.15, 0.2) is 11.6 Å². The van der Waals surface area contributed by atoms with Crippen molar-refractivity contribution in [3.8, 4) is 23.0 Å². The number of hydrogen-bond donors (Lipinski definition) is 0. The summed E-state index contributed by atoms with van der Waals surface area (Å²) < 4.78 is 40.6. The minimum Gasteiger partial charge on any atom is -0.485 e. The van der Waals surface area contributed by atoms with Crippen LogP contribution in [0.25, 0.3) is 11.4 Å². The number of halogens is 2. The zero-order valence-corrected chi connectivity index (χ0v) is 13.5. The number of hydrogen-bond acceptors (Lipinski definition) is 5. The Balaban J connectivity index is 1.93. The van der Waals surface area contributed by atoms with E-state index >= 15 is 0 Å². The minimum absolute atomic E-state index is 0.101. The molecular weight excluding hydrogens is 330 g/mol. The fourth-order valence-corrected chi connectivity index (χ4v) is 3.05. The molecule has 0 fully saturated rings. The van der Waals surface area contributed by atoms with E-state index in [0.29, 0.717) is 34.4 Å². The fraction of sp³-hybridized carbons (Fsp3) is 0.235. The monoisotopic (exact) mass is 344 g/mol. The lowest BCUT2D eigenvalue weighted by Crippen LogP contribution is -2.20. The second kappa shape index (κ2) is 5.80. The number of aryl methyl sites for hydroxylation is 1. The third kappa shape index (κ3) is 2.41. The third-order valence-corrected chi connectivity index (χ3v) is 4.19. The molecule has 6 nitrogen and oxygen atoms in total. The van der Waals surface area contributed by atoms with Crippen molar-refractivity contribution in [3.05, 3.63) is 53.5 Å². The van der Waals surface area contributed by atoms with Crippen LogP contribution >= 0.6 is 0 Å². The maximum Gasteiger partial charge on any atom is 0.257 e. The Kier molecular flexibility index (Phi) is 3.60. The summed E-state index contributed by atoms with van der Waals surface area (Å²) in [5, 5.41) is 8.33. The Hall–Kier alpha value is -3.03. The largest absolute Gasteiger partial charge is 0.485 e. The van der Waals surface area contributed by atoms with Crippen molar-refractivity contribution in [1.82, 2.24) is 19.7 Å². The highest BCUT2D eigenvalue weighted by Gasteiger charge is 2.31. The smallest absolute Gasteiger partial charge is 0.257 e. The number of benzene rings is 1. The number of ether oxygens (including phenoxy) is 2. The Bertz CT molecular complexity index is 958. The summed E-state index contributed by atoms with van der Waals surface area (Å²) >= 11 is 0. The normalized spacial score (nSPS) is 15.8. The van der Waals surface area contributed by atoms with Crippen LogP contribution in [0, 0.1) is 18.6 Å². The van der Waals surface area contributed by atoms with Gasteiger partial charge in [0.25, 0.3) is 5.88 Å². The van der Waals surface area contributed by atoms with Gasteiger partial charge >= 0.3 is 0 Å². The first-order chi connectivity index (χ1) is 12.1. The molecule has 1 aliphatic heterocycles. The second-order valence-corrected chi connectivity index (χ2v) is 5.63. The molecule has 8 heteroatoms. The number of fused-ring (bicyclic) bond motifs is 3. The highest BCUT2D eigenvalue weighted by molar-refractivity contribution is 5.68. The van der Waals surface area contributed by atoms with Crippen molar-refractivity contribution in [1.29, 1.82) is 0 Å². The van der Waals surface area contributed by atoms with E-state index in [1.54, 1.807) is 23.8 Å². The van der Waals surface area contributed by atoms with Crippen LogP contribution in [0.2, 0.25) is 0 Å². The Morgan fingerprint density at radius 3 is 2.84 bits per heavy atom. The van der Waals surface area contributed by atoms with Gasteiger partial charge in [-0.1, -0.05) is 6.07 Å². The first kappa shape index (κ1) is 15.5. The molecule has 2 aromatic heterocycles. The zero-order valence-electron chi connectivity index (χ0n) is 13.5. The molecule has 0 unspecified atom stereocenters. The van der Waals surface area contributed by atoms with Crippen molar-refractivity contribution >= 4 is 0 Å². The molecule has 0 spiro atoms. The number of methoxy groups -OCH3 is 1. The molecule has 1 aromatic carbocycles. The maximum atomic E-state index is 14.4. The first-order valence-corrected chi connectivity index (χ1v) is 7.62. The Morgan fingerprint density at radius 2 is 2.08 bits per heavy atom. The van der Waals surface area contributed by atoms with Crippen molar-refractivity contribution in [2.75, 3.05) is 13.7 Å². The molecule has 25 heavy (non-hydrogen) atoms. The number of rotatable bonds is 2. The number of pyridine rings is 1. The molecule has 3 aromatic rings. The fourth-order valence-electron chi connectivity index (χ4n) is 3.05. The summed E-state index contributed by atoms with van der Waals surface area (Å²) in [5.41, 5.74) is 0.947. The molecule has 0 radical (unpaired) electrons. The molecule has 4 rings (SSSR count). The van der Waals surface area contributed by atoms with Crippen LogP contribution < -0.4 is 9.47 Å². The molecule has 128 valence electrons. The summed E-state index contributed by atoms with van der Waals surface area (Å²) in [5.74, 6) is 0.554. The molecule has 0 saturated heterocycles. The summed E-state index contributed by atoms with van der Waals surface area (Å²) in [7, 11) is 1.49. The van der Waals surface area contributed by atoms with Gasteiger partial charge in [-0.3, -0.25) is 4.57 Å². The molecule has 0 amide bonds. The minimum atomic E-state index is -0.649. The average Bonchev–Trinajstić information content (AvgIpc) is 2.89. The van der Waals surface area contributed by atoms with E-state index in [0.717, 1.165) is 6.07 Å². The SMILES string of the molecule is COc1nccc2c1OC[C@H](c1ccc(F)cc1F)n1c(C)nnc1-2. The van der Waals surface area contributed by atoms with Gasteiger partial charge in [0, 0.05) is 17.8 Å². The van der Waals surface area contributed by atoms with Gasteiger partial charge in [-0.2, -0.15) is 0 Å². The topological polar surface area (TPSA) is 62.1 Å².